The van der Waals surface area contributed by atoms with E-state index in [2.05, 4.69) is 10.2 Å². The van der Waals surface area contributed by atoms with Gasteiger partial charge in [-0.25, -0.2) is 4.79 Å². The van der Waals surface area contributed by atoms with Gasteiger partial charge >= 0.3 is 5.97 Å². The van der Waals surface area contributed by atoms with Crippen LogP contribution in [0.5, 0.6) is 0 Å². The number of carbonyl (C=O) groups excluding carboxylic acids is 1. The highest BCUT2D eigenvalue weighted by Crippen LogP contribution is 2.25. The first kappa shape index (κ1) is 12.7. The van der Waals surface area contributed by atoms with Crippen molar-refractivity contribution in [1.29, 1.82) is 0 Å². The number of esters is 1. The number of anilines is 2. The maximum Gasteiger partial charge on any atom is 0.338 e. The van der Waals surface area contributed by atoms with Gasteiger partial charge in [-0.1, -0.05) is 0 Å². The number of carbonyl (C=O) groups is 1. The predicted molar refractivity (Wildman–Crippen MR) is 71.9 cm³/mol. The van der Waals surface area contributed by atoms with Crippen molar-refractivity contribution in [2.45, 2.75) is 6.92 Å². The maximum atomic E-state index is 11.6. The molecule has 0 radical (unpaired) electrons. The lowest BCUT2D eigenvalue weighted by atomic mass is 10.1. The van der Waals surface area contributed by atoms with Crippen molar-refractivity contribution in [2.75, 3.05) is 43.4 Å². The summed E-state index contributed by atoms with van der Waals surface area (Å²) in [5.74, 6) is -0.323. The number of nitrogens with one attached hydrogen (secondary N) is 1. The summed E-state index contributed by atoms with van der Waals surface area (Å²) in [4.78, 5) is 13.8. The van der Waals surface area contributed by atoms with Gasteiger partial charge in [0.1, 0.15) is 0 Å². The molecule has 1 fully saturated rings. The second-order valence-electron chi connectivity index (χ2n) is 4.23. The lowest BCUT2D eigenvalue weighted by Crippen LogP contribution is -2.43. The van der Waals surface area contributed by atoms with E-state index in [-0.39, 0.29) is 5.97 Å². The first-order chi connectivity index (χ1) is 8.72. The zero-order valence-corrected chi connectivity index (χ0v) is 10.6. The molecule has 0 amide bonds. The van der Waals surface area contributed by atoms with Crippen LogP contribution in [0.3, 0.4) is 0 Å². The van der Waals surface area contributed by atoms with Crippen LogP contribution in [0.2, 0.25) is 0 Å². The molecule has 2 rings (SSSR count). The number of hydrogen-bond acceptors (Lipinski definition) is 5. The van der Waals surface area contributed by atoms with Crippen LogP contribution < -0.4 is 16.0 Å². The van der Waals surface area contributed by atoms with Crippen LogP contribution in [0.25, 0.3) is 0 Å². The molecule has 0 atom stereocenters. The molecule has 0 aromatic heterocycles. The minimum absolute atomic E-state index is 0.323. The summed E-state index contributed by atoms with van der Waals surface area (Å²) in [5.41, 5.74) is 8.14. The number of ether oxygens (including phenoxy) is 1. The fourth-order valence-electron chi connectivity index (χ4n) is 2.09. The van der Waals surface area contributed by atoms with E-state index in [9.17, 15) is 4.79 Å². The van der Waals surface area contributed by atoms with Gasteiger partial charge in [-0.15, -0.1) is 0 Å². The van der Waals surface area contributed by atoms with Gasteiger partial charge in [0.15, 0.2) is 0 Å². The zero-order chi connectivity index (χ0) is 13.0. The number of nitrogen functional groups attached to an aromatic ring is 1. The van der Waals surface area contributed by atoms with E-state index in [0.717, 1.165) is 31.9 Å². The molecule has 3 N–H and O–H groups in total. The van der Waals surface area contributed by atoms with Gasteiger partial charge in [-0.3, -0.25) is 0 Å². The third-order valence-corrected chi connectivity index (χ3v) is 3.00. The van der Waals surface area contributed by atoms with Crippen LogP contribution in [-0.2, 0) is 4.74 Å². The lowest BCUT2D eigenvalue weighted by molar-refractivity contribution is 0.0526. The normalized spacial score (nSPS) is 15.5. The molecule has 0 unspecified atom stereocenters. The van der Waals surface area contributed by atoms with E-state index in [1.54, 1.807) is 19.1 Å². The lowest BCUT2D eigenvalue weighted by Gasteiger charge is -2.30. The van der Waals surface area contributed by atoms with Gasteiger partial charge in [0, 0.05) is 26.2 Å². The molecule has 1 heterocycles. The maximum absolute atomic E-state index is 11.6. The van der Waals surface area contributed by atoms with Crippen molar-refractivity contribution < 1.29 is 9.53 Å². The van der Waals surface area contributed by atoms with Gasteiger partial charge in [0.2, 0.25) is 0 Å². The third-order valence-electron chi connectivity index (χ3n) is 3.00. The molecule has 1 saturated heterocycles. The van der Waals surface area contributed by atoms with Gasteiger partial charge in [0.25, 0.3) is 0 Å². The number of rotatable bonds is 3. The van der Waals surface area contributed by atoms with Crippen molar-refractivity contribution >= 4 is 17.3 Å². The average Bonchev–Trinajstić information content (AvgIpc) is 2.40. The molecule has 98 valence electrons. The minimum atomic E-state index is -0.323. The summed E-state index contributed by atoms with van der Waals surface area (Å²) in [5, 5.41) is 3.29. The topological polar surface area (TPSA) is 67.6 Å². The first-order valence-corrected chi connectivity index (χ1v) is 6.24. The highest BCUT2D eigenvalue weighted by atomic mass is 16.5. The van der Waals surface area contributed by atoms with Gasteiger partial charge in [-0.2, -0.15) is 0 Å². The molecule has 0 aliphatic carbocycles. The Kier molecular flexibility index (Phi) is 4.04. The Morgan fingerprint density at radius 3 is 2.78 bits per heavy atom. The molecule has 5 nitrogen and oxygen atoms in total. The molecule has 1 aliphatic heterocycles. The Morgan fingerprint density at radius 2 is 2.17 bits per heavy atom. The van der Waals surface area contributed by atoms with E-state index >= 15 is 0 Å². The largest absolute Gasteiger partial charge is 0.462 e. The zero-order valence-electron chi connectivity index (χ0n) is 10.6. The molecular formula is C13H19N3O2. The molecule has 1 aliphatic rings. The molecule has 5 heteroatoms. The van der Waals surface area contributed by atoms with E-state index in [1.807, 2.05) is 6.07 Å². The molecule has 18 heavy (non-hydrogen) atoms. The summed E-state index contributed by atoms with van der Waals surface area (Å²) in [6.07, 6.45) is 0. The number of nitrogens with two attached hydrogens (primary N) is 1. The number of piperazine rings is 1. The Morgan fingerprint density at radius 1 is 1.44 bits per heavy atom. The van der Waals surface area contributed by atoms with Crippen molar-refractivity contribution in [1.82, 2.24) is 5.32 Å². The fourth-order valence-corrected chi connectivity index (χ4v) is 2.09. The molecule has 1 aromatic rings. The van der Waals surface area contributed by atoms with Crippen LogP contribution >= 0.6 is 0 Å². The third kappa shape index (κ3) is 2.73. The van der Waals surface area contributed by atoms with Crippen molar-refractivity contribution in [2.24, 2.45) is 0 Å². The number of nitrogens with zero attached hydrogens (tertiary/aromatic N) is 1. The first-order valence-electron chi connectivity index (χ1n) is 6.24. The van der Waals surface area contributed by atoms with Crippen LogP contribution in [0.15, 0.2) is 18.2 Å². The quantitative estimate of drug-likeness (QED) is 0.614. The molecule has 0 bridgehead atoms. The Labute approximate surface area is 107 Å². The number of benzene rings is 1. The predicted octanol–water partition coefficient (Wildman–Crippen LogP) is 0.855. The Bertz CT molecular complexity index is 428. The van der Waals surface area contributed by atoms with Crippen LogP contribution in [-0.4, -0.2) is 38.8 Å². The van der Waals surface area contributed by atoms with Crippen molar-refractivity contribution in [3.63, 3.8) is 0 Å². The second kappa shape index (κ2) is 5.73. The fraction of sp³-hybridized carbons (Fsp3) is 0.462. The van der Waals surface area contributed by atoms with Crippen LogP contribution in [0.1, 0.15) is 17.3 Å². The average molecular weight is 249 g/mol. The van der Waals surface area contributed by atoms with Gasteiger partial charge in [0.05, 0.1) is 23.5 Å². The van der Waals surface area contributed by atoms with Crippen LogP contribution in [0, 0.1) is 0 Å². The second-order valence-corrected chi connectivity index (χ2v) is 4.23. The smallest absolute Gasteiger partial charge is 0.338 e. The summed E-state index contributed by atoms with van der Waals surface area (Å²) in [6.45, 7) is 5.94. The van der Waals surface area contributed by atoms with Gasteiger partial charge in [-0.05, 0) is 25.1 Å². The van der Waals surface area contributed by atoms with E-state index in [1.165, 1.54) is 0 Å². The number of hydrogen-bond donors (Lipinski definition) is 2. The monoisotopic (exact) mass is 249 g/mol. The highest BCUT2D eigenvalue weighted by molar-refractivity contribution is 5.92. The summed E-state index contributed by atoms with van der Waals surface area (Å²) in [6, 6.07) is 5.36. The standard InChI is InChI=1S/C13H19N3O2/c1-2-18-13(17)10-3-4-12(11(14)9-10)16-7-5-15-6-8-16/h3-4,9,15H,2,5-8,14H2,1H3. The summed E-state index contributed by atoms with van der Waals surface area (Å²) < 4.78 is 4.95. The Balaban J connectivity index is 2.16. The van der Waals surface area contributed by atoms with E-state index in [0.29, 0.717) is 17.9 Å². The van der Waals surface area contributed by atoms with Gasteiger partial charge < -0.3 is 20.7 Å². The van der Waals surface area contributed by atoms with Crippen LogP contribution in [0.4, 0.5) is 11.4 Å². The van der Waals surface area contributed by atoms with Crippen molar-refractivity contribution in [3.8, 4) is 0 Å². The molecular weight excluding hydrogens is 230 g/mol. The summed E-state index contributed by atoms with van der Waals surface area (Å²) >= 11 is 0. The minimum Gasteiger partial charge on any atom is -0.462 e. The SMILES string of the molecule is CCOC(=O)c1ccc(N2CCNCC2)c(N)c1. The van der Waals surface area contributed by atoms with E-state index < -0.39 is 0 Å². The van der Waals surface area contributed by atoms with E-state index in [4.69, 9.17) is 10.5 Å². The molecule has 1 aromatic carbocycles. The molecule has 0 saturated carbocycles. The van der Waals surface area contributed by atoms with Crippen molar-refractivity contribution in [3.05, 3.63) is 23.8 Å². The Hall–Kier alpha value is -1.75. The summed E-state index contributed by atoms with van der Waals surface area (Å²) in [7, 11) is 0. The highest BCUT2D eigenvalue weighted by Gasteiger charge is 2.15. The molecule has 0 spiro atoms.